The van der Waals surface area contributed by atoms with Crippen molar-refractivity contribution in [3.8, 4) is 0 Å². The molecule has 0 heterocycles. The monoisotopic (exact) mass is 227 g/mol. The molecular formula is C11H21N3O2. The van der Waals surface area contributed by atoms with E-state index in [9.17, 15) is 9.59 Å². The van der Waals surface area contributed by atoms with Crippen LogP contribution in [0, 0.1) is 5.92 Å². The Morgan fingerprint density at radius 3 is 2.31 bits per heavy atom. The van der Waals surface area contributed by atoms with E-state index < -0.39 is 11.9 Å². The van der Waals surface area contributed by atoms with Gasteiger partial charge in [-0.15, -0.1) is 0 Å². The van der Waals surface area contributed by atoms with E-state index in [0.29, 0.717) is 18.5 Å². The van der Waals surface area contributed by atoms with Gasteiger partial charge < -0.3 is 16.4 Å². The predicted octanol–water partition coefficient (Wildman–Crippen LogP) is -0.164. The number of carbonyl (C=O) groups is 2. The van der Waals surface area contributed by atoms with E-state index in [2.05, 4.69) is 13.8 Å². The van der Waals surface area contributed by atoms with Crippen LogP contribution in [-0.2, 0) is 9.59 Å². The van der Waals surface area contributed by atoms with Crippen LogP contribution in [0.4, 0.5) is 0 Å². The van der Waals surface area contributed by atoms with Gasteiger partial charge in [0.05, 0.1) is 12.5 Å². The Hall–Kier alpha value is -1.10. The number of carbonyl (C=O) groups excluding carboxylic acids is 2. The van der Waals surface area contributed by atoms with Gasteiger partial charge in [0.2, 0.25) is 11.8 Å². The van der Waals surface area contributed by atoms with Crippen LogP contribution >= 0.6 is 0 Å². The first-order valence-corrected chi connectivity index (χ1v) is 5.76. The average Bonchev–Trinajstić information content (AvgIpc) is 2.94. The lowest BCUT2D eigenvalue weighted by Crippen LogP contribution is -2.47. The normalized spacial score (nSPS) is 17.2. The molecule has 2 amide bonds. The Balaban J connectivity index is 2.55. The third-order valence-corrected chi connectivity index (χ3v) is 2.57. The number of nitrogens with zero attached hydrogens (tertiary/aromatic N) is 1. The van der Waals surface area contributed by atoms with Crippen molar-refractivity contribution in [2.75, 3.05) is 6.54 Å². The minimum absolute atomic E-state index is 0.0693. The number of rotatable bonds is 6. The molecule has 0 radical (unpaired) electrons. The molecule has 1 atom stereocenters. The van der Waals surface area contributed by atoms with Crippen LogP contribution in [0.25, 0.3) is 0 Å². The zero-order chi connectivity index (χ0) is 12.3. The molecule has 0 aliphatic heterocycles. The summed E-state index contributed by atoms with van der Waals surface area (Å²) in [5.74, 6) is -0.263. The van der Waals surface area contributed by atoms with E-state index in [1.165, 1.54) is 0 Å². The van der Waals surface area contributed by atoms with Gasteiger partial charge in [-0.1, -0.05) is 13.8 Å². The van der Waals surface area contributed by atoms with E-state index in [0.717, 1.165) is 12.8 Å². The molecule has 1 unspecified atom stereocenters. The molecule has 0 saturated heterocycles. The molecule has 0 bridgehead atoms. The van der Waals surface area contributed by atoms with Gasteiger partial charge in [0.1, 0.15) is 0 Å². The van der Waals surface area contributed by atoms with E-state index in [4.69, 9.17) is 11.5 Å². The van der Waals surface area contributed by atoms with Gasteiger partial charge in [-0.05, 0) is 18.8 Å². The summed E-state index contributed by atoms with van der Waals surface area (Å²) < 4.78 is 0. The second kappa shape index (κ2) is 5.30. The quantitative estimate of drug-likeness (QED) is 0.660. The van der Waals surface area contributed by atoms with Crippen LogP contribution < -0.4 is 11.5 Å². The molecule has 1 rings (SSSR count). The van der Waals surface area contributed by atoms with Gasteiger partial charge in [-0.3, -0.25) is 9.59 Å². The molecule has 5 heteroatoms. The summed E-state index contributed by atoms with van der Waals surface area (Å²) in [4.78, 5) is 24.5. The number of nitrogens with two attached hydrogens (primary N) is 2. The Morgan fingerprint density at radius 1 is 1.38 bits per heavy atom. The third kappa shape index (κ3) is 3.81. The second-order valence-corrected chi connectivity index (χ2v) is 4.89. The molecule has 1 fully saturated rings. The summed E-state index contributed by atoms with van der Waals surface area (Å²) in [6, 6.07) is -0.453. The average molecular weight is 227 g/mol. The fraction of sp³-hybridized carbons (Fsp3) is 0.818. The molecule has 1 aliphatic carbocycles. The van der Waals surface area contributed by atoms with Crippen molar-refractivity contribution in [2.45, 2.75) is 45.2 Å². The number of hydrogen-bond donors (Lipinski definition) is 2. The van der Waals surface area contributed by atoms with Gasteiger partial charge in [-0.25, -0.2) is 0 Å². The maximum atomic E-state index is 12.0. The molecule has 5 nitrogen and oxygen atoms in total. The summed E-state index contributed by atoms with van der Waals surface area (Å²) in [6.07, 6.45) is 2.02. The van der Waals surface area contributed by atoms with E-state index in [1.54, 1.807) is 4.90 Å². The third-order valence-electron chi connectivity index (χ3n) is 2.57. The number of amides is 2. The molecule has 1 aliphatic rings. The lowest BCUT2D eigenvalue weighted by Gasteiger charge is -2.26. The molecule has 16 heavy (non-hydrogen) atoms. The fourth-order valence-corrected chi connectivity index (χ4v) is 1.72. The highest BCUT2D eigenvalue weighted by Gasteiger charge is 2.35. The van der Waals surface area contributed by atoms with Crippen molar-refractivity contribution < 1.29 is 9.59 Å². The topological polar surface area (TPSA) is 89.4 Å². The predicted molar refractivity (Wildman–Crippen MR) is 61.4 cm³/mol. The molecule has 0 spiro atoms. The van der Waals surface area contributed by atoms with Gasteiger partial charge in [0.25, 0.3) is 0 Å². The first-order chi connectivity index (χ1) is 7.41. The Labute approximate surface area is 96.1 Å². The van der Waals surface area contributed by atoms with Gasteiger partial charge in [0.15, 0.2) is 0 Å². The van der Waals surface area contributed by atoms with Gasteiger partial charge >= 0.3 is 0 Å². The molecule has 0 aromatic rings. The first-order valence-electron chi connectivity index (χ1n) is 5.76. The Kier molecular flexibility index (Phi) is 4.29. The summed E-state index contributed by atoms with van der Waals surface area (Å²) >= 11 is 0. The van der Waals surface area contributed by atoms with Crippen molar-refractivity contribution in [3.05, 3.63) is 0 Å². The molecule has 4 N–H and O–H groups in total. The standard InChI is InChI=1S/C11H21N3O2/c1-7(2)6-14(8-3-4-8)11(16)9(12)5-10(13)15/h7-9H,3-6,12H2,1-2H3,(H2,13,15). The van der Waals surface area contributed by atoms with Crippen LogP contribution in [0.1, 0.15) is 33.1 Å². The van der Waals surface area contributed by atoms with Crippen LogP contribution in [0.5, 0.6) is 0 Å². The largest absolute Gasteiger partial charge is 0.370 e. The van der Waals surface area contributed by atoms with Gasteiger partial charge in [0, 0.05) is 12.6 Å². The smallest absolute Gasteiger partial charge is 0.240 e. The summed E-state index contributed by atoms with van der Waals surface area (Å²) in [5, 5.41) is 0. The highest BCUT2D eigenvalue weighted by atomic mass is 16.2. The van der Waals surface area contributed by atoms with E-state index in [-0.39, 0.29) is 12.3 Å². The summed E-state index contributed by atoms with van der Waals surface area (Å²) in [6.45, 7) is 4.82. The number of hydrogen-bond acceptors (Lipinski definition) is 3. The van der Waals surface area contributed by atoms with Crippen LogP contribution in [0.15, 0.2) is 0 Å². The van der Waals surface area contributed by atoms with Crippen LogP contribution in [0.3, 0.4) is 0 Å². The Bertz CT molecular complexity index is 274. The van der Waals surface area contributed by atoms with E-state index in [1.807, 2.05) is 0 Å². The molecular weight excluding hydrogens is 206 g/mol. The van der Waals surface area contributed by atoms with E-state index >= 15 is 0 Å². The van der Waals surface area contributed by atoms with Crippen molar-refractivity contribution in [2.24, 2.45) is 17.4 Å². The maximum absolute atomic E-state index is 12.0. The fourth-order valence-electron chi connectivity index (χ4n) is 1.72. The lowest BCUT2D eigenvalue weighted by molar-refractivity contribution is -0.135. The summed E-state index contributed by atoms with van der Waals surface area (Å²) in [5.41, 5.74) is 10.7. The van der Waals surface area contributed by atoms with Crippen molar-refractivity contribution in [3.63, 3.8) is 0 Å². The molecule has 92 valence electrons. The van der Waals surface area contributed by atoms with Crippen LogP contribution in [0.2, 0.25) is 0 Å². The zero-order valence-corrected chi connectivity index (χ0v) is 9.98. The highest BCUT2D eigenvalue weighted by Crippen LogP contribution is 2.28. The second-order valence-electron chi connectivity index (χ2n) is 4.89. The molecule has 0 aromatic carbocycles. The van der Waals surface area contributed by atoms with Gasteiger partial charge in [-0.2, -0.15) is 0 Å². The van der Waals surface area contributed by atoms with Crippen molar-refractivity contribution >= 4 is 11.8 Å². The van der Waals surface area contributed by atoms with Crippen molar-refractivity contribution in [1.82, 2.24) is 4.90 Å². The van der Waals surface area contributed by atoms with Crippen LogP contribution in [-0.4, -0.2) is 35.3 Å². The number of primary amides is 1. The first kappa shape index (κ1) is 13.0. The summed E-state index contributed by atoms with van der Waals surface area (Å²) in [7, 11) is 0. The minimum atomic E-state index is -0.781. The molecule has 1 saturated carbocycles. The zero-order valence-electron chi connectivity index (χ0n) is 9.98. The minimum Gasteiger partial charge on any atom is -0.370 e. The Morgan fingerprint density at radius 2 is 1.94 bits per heavy atom. The molecule has 0 aromatic heterocycles. The van der Waals surface area contributed by atoms with Crippen molar-refractivity contribution in [1.29, 1.82) is 0 Å². The lowest BCUT2D eigenvalue weighted by atomic mass is 10.1. The highest BCUT2D eigenvalue weighted by molar-refractivity contribution is 5.87. The SMILES string of the molecule is CC(C)CN(C(=O)C(N)CC(N)=O)C1CC1. The maximum Gasteiger partial charge on any atom is 0.240 e.